The van der Waals surface area contributed by atoms with Gasteiger partial charge in [0.2, 0.25) is 0 Å². The molecule has 4 atom stereocenters. The van der Waals surface area contributed by atoms with Crippen LogP contribution >= 0.6 is 0 Å². The van der Waals surface area contributed by atoms with Crippen molar-refractivity contribution in [3.05, 3.63) is 42.0 Å². The summed E-state index contributed by atoms with van der Waals surface area (Å²) in [6.45, 7) is 3.24. The van der Waals surface area contributed by atoms with E-state index in [1.54, 1.807) is 6.08 Å². The topological polar surface area (TPSA) is 77.4 Å². The molecule has 4 fully saturated rings. The molecule has 0 spiro atoms. The standard InChI is InChI=1S/C16H18O6/c1-2-8-3-5-9(6-4-8)7-19-15-13-10(17)12-11(18)14(15)22-16(20-12)21-13/h2-6,10-18H,1,7H2/t10-,11-,12?,13?,14?,15?,16?/m0/s1. The van der Waals surface area contributed by atoms with Crippen LogP contribution in [0.4, 0.5) is 0 Å². The fourth-order valence-corrected chi connectivity index (χ4v) is 3.24. The molecular weight excluding hydrogens is 288 g/mol. The Balaban J connectivity index is 1.47. The fourth-order valence-electron chi connectivity index (χ4n) is 3.24. The summed E-state index contributed by atoms with van der Waals surface area (Å²) in [4.78, 5) is 0. The normalized spacial score (nSPS) is 42.5. The summed E-state index contributed by atoms with van der Waals surface area (Å²) in [7, 11) is 0. The van der Waals surface area contributed by atoms with Crippen LogP contribution in [0, 0.1) is 0 Å². The lowest BCUT2D eigenvalue weighted by atomic mass is 9.82. The predicted octanol–water partition coefficient (Wildman–Crippen LogP) is 0.417. The van der Waals surface area contributed by atoms with Crippen molar-refractivity contribution in [3.63, 3.8) is 0 Å². The number of ether oxygens (including phenoxy) is 4. The second kappa shape index (κ2) is 5.42. The summed E-state index contributed by atoms with van der Waals surface area (Å²) < 4.78 is 22.1. The average molecular weight is 306 g/mol. The van der Waals surface area contributed by atoms with Gasteiger partial charge in [-0.1, -0.05) is 36.9 Å². The zero-order valence-electron chi connectivity index (χ0n) is 11.9. The van der Waals surface area contributed by atoms with Gasteiger partial charge >= 0.3 is 0 Å². The molecule has 1 aromatic rings. The second-order valence-corrected chi connectivity index (χ2v) is 5.79. The smallest absolute Gasteiger partial charge is 0.272 e. The monoisotopic (exact) mass is 306 g/mol. The van der Waals surface area contributed by atoms with Crippen LogP contribution < -0.4 is 0 Å². The number of aliphatic hydroxyl groups excluding tert-OH is 2. The molecule has 3 heterocycles. The highest BCUT2D eigenvalue weighted by atomic mass is 16.9. The van der Waals surface area contributed by atoms with Crippen molar-refractivity contribution >= 4 is 6.08 Å². The van der Waals surface area contributed by atoms with Gasteiger partial charge in [-0.3, -0.25) is 0 Å². The molecule has 2 unspecified atom stereocenters. The van der Waals surface area contributed by atoms with E-state index in [9.17, 15) is 10.2 Å². The molecular formula is C16H18O6. The van der Waals surface area contributed by atoms with Gasteiger partial charge in [0, 0.05) is 0 Å². The largest absolute Gasteiger partial charge is 0.387 e. The van der Waals surface area contributed by atoms with Crippen LogP contribution in [0.15, 0.2) is 30.8 Å². The Morgan fingerprint density at radius 3 is 2.18 bits per heavy atom. The highest BCUT2D eigenvalue weighted by Crippen LogP contribution is 2.41. The fraction of sp³-hybridized carbons (Fsp3) is 0.500. The molecule has 6 heteroatoms. The molecule has 0 aromatic heterocycles. The van der Waals surface area contributed by atoms with Gasteiger partial charge in [0.15, 0.2) is 0 Å². The van der Waals surface area contributed by atoms with Gasteiger partial charge in [-0.2, -0.15) is 0 Å². The lowest BCUT2D eigenvalue weighted by Gasteiger charge is -2.56. The molecule has 1 saturated carbocycles. The minimum absolute atomic E-state index is 0.345. The van der Waals surface area contributed by atoms with Gasteiger partial charge in [0.25, 0.3) is 6.48 Å². The Morgan fingerprint density at radius 1 is 1.00 bits per heavy atom. The highest BCUT2D eigenvalue weighted by Gasteiger charge is 2.61. The number of hydrogen-bond acceptors (Lipinski definition) is 6. The molecule has 1 aromatic carbocycles. The first kappa shape index (κ1) is 14.3. The highest BCUT2D eigenvalue weighted by molar-refractivity contribution is 5.47. The van der Waals surface area contributed by atoms with Crippen molar-refractivity contribution < 1.29 is 29.2 Å². The van der Waals surface area contributed by atoms with Crippen LogP contribution in [-0.4, -0.2) is 53.3 Å². The van der Waals surface area contributed by atoms with Gasteiger partial charge in [-0.25, -0.2) is 0 Å². The molecule has 2 N–H and O–H groups in total. The van der Waals surface area contributed by atoms with Crippen LogP contribution in [0.3, 0.4) is 0 Å². The molecule has 4 bridgehead atoms. The minimum atomic E-state index is -0.917. The van der Waals surface area contributed by atoms with E-state index < -0.39 is 43.1 Å². The molecule has 0 amide bonds. The maximum atomic E-state index is 10.2. The molecule has 1 aliphatic carbocycles. The Morgan fingerprint density at radius 2 is 1.59 bits per heavy atom. The summed E-state index contributed by atoms with van der Waals surface area (Å²) in [6, 6.07) is 7.80. The lowest BCUT2D eigenvalue weighted by Crippen LogP contribution is -2.75. The summed E-state index contributed by atoms with van der Waals surface area (Å²) >= 11 is 0. The van der Waals surface area contributed by atoms with E-state index in [1.165, 1.54) is 0 Å². The van der Waals surface area contributed by atoms with Crippen molar-refractivity contribution in [2.24, 2.45) is 0 Å². The second-order valence-electron chi connectivity index (χ2n) is 5.79. The van der Waals surface area contributed by atoms with E-state index in [4.69, 9.17) is 18.9 Å². The zero-order chi connectivity index (χ0) is 15.3. The predicted molar refractivity (Wildman–Crippen MR) is 75.5 cm³/mol. The third kappa shape index (κ3) is 2.20. The first-order valence-electron chi connectivity index (χ1n) is 7.33. The molecule has 4 aliphatic rings. The van der Waals surface area contributed by atoms with Crippen LogP contribution in [0.2, 0.25) is 0 Å². The third-order valence-electron chi connectivity index (χ3n) is 4.46. The number of hydrogen-bond donors (Lipinski definition) is 2. The molecule has 22 heavy (non-hydrogen) atoms. The molecule has 3 saturated heterocycles. The summed E-state index contributed by atoms with van der Waals surface area (Å²) in [5.74, 6) is 0. The van der Waals surface area contributed by atoms with E-state index in [2.05, 4.69) is 6.58 Å². The van der Waals surface area contributed by atoms with Gasteiger partial charge < -0.3 is 29.2 Å². The van der Waals surface area contributed by atoms with E-state index in [1.807, 2.05) is 24.3 Å². The zero-order valence-corrected chi connectivity index (χ0v) is 11.9. The minimum Gasteiger partial charge on any atom is -0.387 e. The van der Waals surface area contributed by atoms with Crippen LogP contribution in [0.25, 0.3) is 6.08 Å². The quantitative estimate of drug-likeness (QED) is 0.839. The van der Waals surface area contributed by atoms with Crippen LogP contribution in [0.5, 0.6) is 0 Å². The maximum absolute atomic E-state index is 10.2. The molecule has 3 aliphatic heterocycles. The summed E-state index contributed by atoms with van der Waals surface area (Å²) in [5.41, 5.74) is 2.02. The number of aliphatic hydroxyl groups is 2. The first-order chi connectivity index (χ1) is 10.7. The molecule has 6 nitrogen and oxygen atoms in total. The Labute approximate surface area is 127 Å². The van der Waals surface area contributed by atoms with E-state index >= 15 is 0 Å². The molecule has 0 radical (unpaired) electrons. The van der Waals surface area contributed by atoms with Crippen LogP contribution in [-0.2, 0) is 25.6 Å². The van der Waals surface area contributed by atoms with Crippen molar-refractivity contribution in [2.45, 2.75) is 49.7 Å². The SMILES string of the molecule is C=Cc1ccc(COC2C3OC4OC2[C@@H](O)C(O4)[C@@H]3O)cc1. The van der Waals surface area contributed by atoms with Crippen molar-refractivity contribution in [1.29, 1.82) is 0 Å². The molecule has 118 valence electrons. The van der Waals surface area contributed by atoms with Gasteiger partial charge in [-0.15, -0.1) is 0 Å². The number of rotatable bonds is 4. The summed E-state index contributed by atoms with van der Waals surface area (Å²) in [6.07, 6.45) is -2.35. The van der Waals surface area contributed by atoms with Gasteiger partial charge in [0.1, 0.15) is 36.6 Å². The first-order valence-corrected chi connectivity index (χ1v) is 7.33. The van der Waals surface area contributed by atoms with Crippen molar-refractivity contribution in [3.8, 4) is 0 Å². The summed E-state index contributed by atoms with van der Waals surface area (Å²) in [5, 5.41) is 20.4. The van der Waals surface area contributed by atoms with E-state index in [0.717, 1.165) is 11.1 Å². The third-order valence-corrected chi connectivity index (χ3v) is 4.46. The van der Waals surface area contributed by atoms with Crippen molar-refractivity contribution in [2.75, 3.05) is 0 Å². The average Bonchev–Trinajstić information content (AvgIpc) is 2.55. The molecule has 5 rings (SSSR count). The van der Waals surface area contributed by atoms with Crippen LogP contribution in [0.1, 0.15) is 11.1 Å². The Kier molecular flexibility index (Phi) is 3.53. The van der Waals surface area contributed by atoms with Gasteiger partial charge in [0.05, 0.1) is 6.61 Å². The Hall–Kier alpha value is -1.28. The van der Waals surface area contributed by atoms with Crippen molar-refractivity contribution in [1.82, 2.24) is 0 Å². The van der Waals surface area contributed by atoms with E-state index in [0.29, 0.717) is 6.61 Å². The van der Waals surface area contributed by atoms with Gasteiger partial charge in [-0.05, 0) is 11.1 Å². The van der Waals surface area contributed by atoms with E-state index in [-0.39, 0.29) is 0 Å². The Bertz CT molecular complexity index is 538. The number of benzene rings is 1. The maximum Gasteiger partial charge on any atom is 0.272 e. The lowest BCUT2D eigenvalue weighted by molar-refractivity contribution is -0.484.